The molecule has 0 aliphatic carbocycles. The molecule has 0 heterocycles. The van der Waals surface area contributed by atoms with Crippen molar-refractivity contribution in [2.75, 3.05) is 20.8 Å². The molecule has 0 aliphatic rings. The van der Waals surface area contributed by atoms with Gasteiger partial charge in [0.05, 0.1) is 20.4 Å². The Balaban J connectivity index is 1.91. The maximum Gasteiger partial charge on any atom is 0.277 e. The van der Waals surface area contributed by atoms with E-state index in [1.807, 2.05) is 32.0 Å². The number of ether oxygens (including phenoxy) is 3. The van der Waals surface area contributed by atoms with Gasteiger partial charge in [0, 0.05) is 5.56 Å². The molecule has 0 fully saturated rings. The van der Waals surface area contributed by atoms with Gasteiger partial charge in [0.1, 0.15) is 17.2 Å². The molecule has 0 aliphatic heterocycles. The van der Waals surface area contributed by atoms with E-state index >= 15 is 0 Å². The second kappa shape index (κ2) is 8.73. The van der Waals surface area contributed by atoms with Crippen molar-refractivity contribution >= 4 is 12.1 Å². The minimum absolute atomic E-state index is 0.116. The van der Waals surface area contributed by atoms with E-state index in [0.717, 1.165) is 5.56 Å². The predicted octanol–water partition coefficient (Wildman–Crippen LogP) is 2.85. The average Bonchev–Trinajstić information content (AvgIpc) is 2.62. The summed E-state index contributed by atoms with van der Waals surface area (Å²) in [7, 11) is 3.14. The Morgan fingerprint density at radius 2 is 1.80 bits per heavy atom. The molecule has 0 bridgehead atoms. The number of hydrazone groups is 1. The summed E-state index contributed by atoms with van der Waals surface area (Å²) in [6, 6.07) is 11.0. The molecule has 25 heavy (non-hydrogen) atoms. The van der Waals surface area contributed by atoms with E-state index in [0.29, 0.717) is 22.8 Å². The van der Waals surface area contributed by atoms with Gasteiger partial charge in [-0.05, 0) is 55.3 Å². The first-order chi connectivity index (χ1) is 12.0. The highest BCUT2D eigenvalue weighted by atomic mass is 16.5. The Morgan fingerprint density at radius 1 is 1.04 bits per heavy atom. The third-order valence-electron chi connectivity index (χ3n) is 3.68. The molecule has 1 N–H and O–H groups in total. The number of aryl methyl sites for hydroxylation is 2. The van der Waals surface area contributed by atoms with E-state index in [2.05, 4.69) is 10.5 Å². The van der Waals surface area contributed by atoms with Crippen LogP contribution in [0.4, 0.5) is 0 Å². The van der Waals surface area contributed by atoms with Gasteiger partial charge in [0.2, 0.25) is 0 Å². The largest absolute Gasteiger partial charge is 0.497 e. The van der Waals surface area contributed by atoms with Crippen LogP contribution in [-0.2, 0) is 4.79 Å². The molecule has 1 amide bonds. The van der Waals surface area contributed by atoms with Gasteiger partial charge in [0.15, 0.2) is 6.61 Å². The summed E-state index contributed by atoms with van der Waals surface area (Å²) in [6.45, 7) is 3.90. The van der Waals surface area contributed by atoms with Gasteiger partial charge in [-0.1, -0.05) is 6.07 Å². The van der Waals surface area contributed by atoms with Crippen LogP contribution in [0.2, 0.25) is 0 Å². The number of hydrogen-bond donors (Lipinski definition) is 1. The number of hydrogen-bond acceptors (Lipinski definition) is 5. The van der Waals surface area contributed by atoms with Crippen molar-refractivity contribution in [2.24, 2.45) is 5.10 Å². The molecule has 0 unspecified atom stereocenters. The van der Waals surface area contributed by atoms with Crippen molar-refractivity contribution in [1.29, 1.82) is 0 Å². The van der Waals surface area contributed by atoms with Gasteiger partial charge in [0.25, 0.3) is 5.91 Å². The summed E-state index contributed by atoms with van der Waals surface area (Å²) in [4.78, 5) is 11.8. The maximum atomic E-state index is 11.8. The molecule has 6 nitrogen and oxygen atoms in total. The second-order valence-electron chi connectivity index (χ2n) is 5.44. The molecule has 0 saturated heterocycles. The van der Waals surface area contributed by atoms with Crippen LogP contribution in [0, 0.1) is 13.8 Å². The van der Waals surface area contributed by atoms with Crippen LogP contribution >= 0.6 is 0 Å². The van der Waals surface area contributed by atoms with Crippen molar-refractivity contribution in [2.45, 2.75) is 13.8 Å². The fourth-order valence-electron chi connectivity index (χ4n) is 2.10. The van der Waals surface area contributed by atoms with Crippen molar-refractivity contribution in [3.8, 4) is 17.2 Å². The summed E-state index contributed by atoms with van der Waals surface area (Å²) in [5, 5.41) is 3.93. The molecule has 2 rings (SSSR count). The highest BCUT2D eigenvalue weighted by Crippen LogP contribution is 2.22. The minimum Gasteiger partial charge on any atom is -0.497 e. The zero-order valence-electron chi connectivity index (χ0n) is 14.8. The van der Waals surface area contributed by atoms with E-state index in [-0.39, 0.29) is 12.5 Å². The molecule has 2 aromatic carbocycles. The van der Waals surface area contributed by atoms with Crippen LogP contribution in [0.5, 0.6) is 17.2 Å². The Labute approximate surface area is 147 Å². The van der Waals surface area contributed by atoms with Crippen LogP contribution in [0.25, 0.3) is 0 Å². The summed E-state index contributed by atoms with van der Waals surface area (Å²) in [5.41, 5.74) is 5.40. The highest BCUT2D eigenvalue weighted by Gasteiger charge is 2.05. The third kappa shape index (κ3) is 5.24. The number of methoxy groups -OCH3 is 2. The lowest BCUT2D eigenvalue weighted by Crippen LogP contribution is -2.24. The van der Waals surface area contributed by atoms with Crippen molar-refractivity contribution in [1.82, 2.24) is 5.43 Å². The molecule has 0 spiro atoms. The normalized spacial score (nSPS) is 10.6. The number of benzene rings is 2. The van der Waals surface area contributed by atoms with Crippen LogP contribution in [0.3, 0.4) is 0 Å². The van der Waals surface area contributed by atoms with E-state index in [4.69, 9.17) is 14.2 Å². The van der Waals surface area contributed by atoms with Crippen LogP contribution < -0.4 is 19.6 Å². The third-order valence-corrected chi connectivity index (χ3v) is 3.68. The van der Waals surface area contributed by atoms with Gasteiger partial charge >= 0.3 is 0 Å². The fraction of sp³-hybridized carbons (Fsp3) is 0.263. The summed E-state index contributed by atoms with van der Waals surface area (Å²) in [6.07, 6.45) is 1.50. The number of nitrogens with one attached hydrogen (secondary N) is 1. The topological polar surface area (TPSA) is 69.2 Å². The summed E-state index contributed by atoms with van der Waals surface area (Å²) < 4.78 is 15.9. The molecule has 0 radical (unpaired) electrons. The molecule has 0 atom stereocenters. The number of carbonyl (C=O) groups excluding carboxylic acids is 1. The quantitative estimate of drug-likeness (QED) is 0.620. The van der Waals surface area contributed by atoms with Crippen molar-refractivity contribution in [3.05, 3.63) is 53.1 Å². The first kappa shape index (κ1) is 18.3. The lowest BCUT2D eigenvalue weighted by molar-refractivity contribution is -0.123. The maximum absolute atomic E-state index is 11.8. The molecule has 132 valence electrons. The lowest BCUT2D eigenvalue weighted by Gasteiger charge is -2.08. The van der Waals surface area contributed by atoms with Gasteiger partial charge in [-0.15, -0.1) is 0 Å². The first-order valence-electron chi connectivity index (χ1n) is 7.77. The fourth-order valence-corrected chi connectivity index (χ4v) is 2.10. The monoisotopic (exact) mass is 342 g/mol. The van der Waals surface area contributed by atoms with Gasteiger partial charge in [-0.25, -0.2) is 5.43 Å². The molecule has 0 aromatic heterocycles. The minimum atomic E-state index is -0.351. The highest BCUT2D eigenvalue weighted by molar-refractivity contribution is 5.86. The van der Waals surface area contributed by atoms with E-state index in [1.54, 1.807) is 32.4 Å². The van der Waals surface area contributed by atoms with E-state index < -0.39 is 0 Å². The van der Waals surface area contributed by atoms with Gasteiger partial charge < -0.3 is 14.2 Å². The SMILES string of the molecule is COc1ccc(OC)c(C=NNC(=O)COc2ccc(C)c(C)c2)c1. The molecular weight excluding hydrogens is 320 g/mol. The molecule has 6 heteroatoms. The van der Waals surface area contributed by atoms with Crippen LogP contribution in [-0.4, -0.2) is 32.9 Å². The Hall–Kier alpha value is -3.02. The number of carbonyl (C=O) groups is 1. The zero-order chi connectivity index (χ0) is 18.2. The standard InChI is InChI=1S/C19H22N2O4/c1-13-5-6-17(9-14(13)2)25-12-19(22)21-20-11-15-10-16(23-3)7-8-18(15)24-4/h5-11H,12H2,1-4H3,(H,21,22). The Morgan fingerprint density at radius 3 is 2.48 bits per heavy atom. The lowest BCUT2D eigenvalue weighted by atomic mass is 10.1. The number of amides is 1. The second-order valence-corrected chi connectivity index (χ2v) is 5.44. The Bertz CT molecular complexity index is 772. The van der Waals surface area contributed by atoms with Crippen molar-refractivity contribution in [3.63, 3.8) is 0 Å². The molecule has 2 aromatic rings. The summed E-state index contributed by atoms with van der Waals surface area (Å²) in [5.74, 6) is 1.60. The van der Waals surface area contributed by atoms with E-state index in [1.165, 1.54) is 11.8 Å². The average molecular weight is 342 g/mol. The van der Waals surface area contributed by atoms with E-state index in [9.17, 15) is 4.79 Å². The van der Waals surface area contributed by atoms with Gasteiger partial charge in [-0.2, -0.15) is 5.10 Å². The number of rotatable bonds is 7. The smallest absolute Gasteiger partial charge is 0.277 e. The summed E-state index contributed by atoms with van der Waals surface area (Å²) >= 11 is 0. The van der Waals surface area contributed by atoms with Crippen LogP contribution in [0.15, 0.2) is 41.5 Å². The van der Waals surface area contributed by atoms with Gasteiger partial charge in [-0.3, -0.25) is 4.79 Å². The molecule has 0 saturated carbocycles. The zero-order valence-corrected chi connectivity index (χ0v) is 14.8. The van der Waals surface area contributed by atoms with Crippen LogP contribution in [0.1, 0.15) is 16.7 Å². The first-order valence-corrected chi connectivity index (χ1v) is 7.77. The van der Waals surface area contributed by atoms with Crippen molar-refractivity contribution < 1.29 is 19.0 Å². The Kier molecular flexibility index (Phi) is 6.39. The molecular formula is C19H22N2O4. The number of nitrogens with zero attached hydrogens (tertiary/aromatic N) is 1. The predicted molar refractivity (Wildman–Crippen MR) is 96.7 cm³/mol.